The topological polar surface area (TPSA) is 123 Å². The molecule has 0 radical (unpaired) electrons. The second-order valence-corrected chi connectivity index (χ2v) is 9.20. The zero-order valence-corrected chi connectivity index (χ0v) is 20.7. The highest BCUT2D eigenvalue weighted by atomic mass is 35.5. The lowest BCUT2D eigenvalue weighted by Gasteiger charge is -2.27. The second-order valence-electron chi connectivity index (χ2n) is 8.79. The predicted octanol–water partition coefficient (Wildman–Crippen LogP) is 1.37. The van der Waals surface area contributed by atoms with E-state index >= 15 is 0 Å². The van der Waals surface area contributed by atoms with Gasteiger partial charge in [-0.05, 0) is 24.3 Å². The van der Waals surface area contributed by atoms with E-state index in [2.05, 4.69) is 30.8 Å². The van der Waals surface area contributed by atoms with Crippen molar-refractivity contribution in [2.24, 2.45) is 5.92 Å². The first kappa shape index (κ1) is 24.3. The number of carbonyl (C=O) groups is 1. The molecule has 2 aromatic heterocycles. The summed E-state index contributed by atoms with van der Waals surface area (Å²) in [6.07, 6.45) is 1.60. The van der Waals surface area contributed by atoms with E-state index in [-0.39, 0.29) is 29.7 Å². The van der Waals surface area contributed by atoms with Gasteiger partial charge in [-0.1, -0.05) is 11.6 Å². The second kappa shape index (κ2) is 10.7. The third-order valence-electron chi connectivity index (χ3n) is 6.24. The molecule has 0 atom stereocenters. The van der Waals surface area contributed by atoms with Crippen molar-refractivity contribution in [3.63, 3.8) is 0 Å². The minimum absolute atomic E-state index is 0.115. The zero-order valence-electron chi connectivity index (χ0n) is 19.9. The number of hydrogen-bond acceptors (Lipinski definition) is 9. The number of rotatable bonds is 8. The number of amides is 1. The van der Waals surface area contributed by atoms with E-state index in [0.29, 0.717) is 36.5 Å². The number of pyridine rings is 1. The van der Waals surface area contributed by atoms with Gasteiger partial charge in [0.25, 0.3) is 11.5 Å². The minimum Gasteiger partial charge on any atom is -0.478 e. The van der Waals surface area contributed by atoms with Gasteiger partial charge in [0, 0.05) is 56.8 Å². The fourth-order valence-corrected chi connectivity index (χ4v) is 4.33. The number of fused-ring (bicyclic) bond motifs is 1. The summed E-state index contributed by atoms with van der Waals surface area (Å²) in [4.78, 5) is 36.0. The Kier molecular flexibility index (Phi) is 7.21. The van der Waals surface area contributed by atoms with Gasteiger partial charge in [0.2, 0.25) is 5.95 Å². The van der Waals surface area contributed by atoms with E-state index in [9.17, 15) is 9.59 Å². The molecule has 4 heterocycles. The first-order valence-corrected chi connectivity index (χ1v) is 12.2. The van der Waals surface area contributed by atoms with Gasteiger partial charge in [0.05, 0.1) is 24.9 Å². The summed E-state index contributed by atoms with van der Waals surface area (Å²) in [7, 11) is 1.52. The number of nitrogens with one attached hydrogen (secondary N) is 3. The number of benzene rings is 1. The van der Waals surface area contributed by atoms with Crippen LogP contribution in [-0.4, -0.2) is 73.5 Å². The fourth-order valence-electron chi connectivity index (χ4n) is 4.19. The quantitative estimate of drug-likeness (QED) is 0.410. The molecule has 3 N–H and O–H groups in total. The lowest BCUT2D eigenvalue weighted by atomic mass is 10.1. The van der Waals surface area contributed by atoms with E-state index in [1.165, 1.54) is 7.05 Å². The molecule has 0 saturated carbocycles. The summed E-state index contributed by atoms with van der Waals surface area (Å²) < 4.78 is 12.6. The summed E-state index contributed by atoms with van der Waals surface area (Å²) in [5.74, 6) is 1.16. The largest absolute Gasteiger partial charge is 0.478 e. The van der Waals surface area contributed by atoms with Crippen molar-refractivity contribution >= 4 is 45.9 Å². The van der Waals surface area contributed by atoms with Crippen LogP contribution in [0.5, 0.6) is 5.75 Å². The monoisotopic (exact) mass is 513 g/mol. The van der Waals surface area contributed by atoms with E-state index in [1.807, 2.05) is 18.2 Å². The predicted molar refractivity (Wildman–Crippen MR) is 137 cm³/mol. The van der Waals surface area contributed by atoms with Crippen LogP contribution in [-0.2, 0) is 16.1 Å². The van der Waals surface area contributed by atoms with Gasteiger partial charge in [-0.3, -0.25) is 9.59 Å². The Balaban J connectivity index is 1.47. The summed E-state index contributed by atoms with van der Waals surface area (Å²) in [5.41, 5.74) is 1.22. The Bertz CT molecular complexity index is 1320. The number of aromatic nitrogens is 3. The normalized spacial score (nSPS) is 16.0. The van der Waals surface area contributed by atoms with Crippen LogP contribution in [0, 0.1) is 5.92 Å². The van der Waals surface area contributed by atoms with E-state index in [0.717, 1.165) is 42.8 Å². The number of carbonyl (C=O) groups excluding carboxylic acids is 1. The Hall–Kier alpha value is -3.41. The molecule has 190 valence electrons. The maximum Gasteiger partial charge on any atom is 0.293 e. The summed E-state index contributed by atoms with van der Waals surface area (Å²) in [6, 6.07) is 7.32. The highest BCUT2D eigenvalue weighted by Crippen LogP contribution is 2.28. The van der Waals surface area contributed by atoms with Crippen LogP contribution in [0.1, 0.15) is 0 Å². The third-order valence-corrected chi connectivity index (χ3v) is 6.52. The summed E-state index contributed by atoms with van der Waals surface area (Å²) in [6.45, 7) is 4.87. The van der Waals surface area contributed by atoms with Crippen molar-refractivity contribution in [2.45, 2.75) is 6.54 Å². The van der Waals surface area contributed by atoms with Crippen LogP contribution in [0.4, 0.5) is 17.5 Å². The summed E-state index contributed by atoms with van der Waals surface area (Å²) in [5, 5.41) is 10.3. The molecule has 5 rings (SSSR count). The Labute approximate surface area is 212 Å². The van der Waals surface area contributed by atoms with Crippen LogP contribution in [0.25, 0.3) is 10.9 Å². The van der Waals surface area contributed by atoms with Crippen molar-refractivity contribution in [3.05, 3.63) is 45.8 Å². The number of nitrogens with zero attached hydrogens (tertiary/aromatic N) is 4. The van der Waals surface area contributed by atoms with E-state index in [1.54, 1.807) is 16.8 Å². The smallest absolute Gasteiger partial charge is 0.293 e. The van der Waals surface area contributed by atoms with Crippen molar-refractivity contribution in [2.75, 3.05) is 63.3 Å². The number of halogens is 1. The molecule has 2 aliphatic rings. The molecule has 11 nitrogen and oxygen atoms in total. The van der Waals surface area contributed by atoms with Gasteiger partial charge < -0.3 is 34.9 Å². The number of ether oxygens (including phenoxy) is 2. The van der Waals surface area contributed by atoms with Crippen molar-refractivity contribution in [1.82, 2.24) is 25.2 Å². The van der Waals surface area contributed by atoms with Crippen molar-refractivity contribution < 1.29 is 14.3 Å². The van der Waals surface area contributed by atoms with Gasteiger partial charge in [-0.15, -0.1) is 0 Å². The SMILES string of the molecule is CNC(=O)COc1cc2cc(Nc3nc(N4CCNCC4)ncc3Cl)ccc2n(CC2COC2)c1=O. The first-order valence-electron chi connectivity index (χ1n) is 11.9. The van der Waals surface area contributed by atoms with Crippen molar-refractivity contribution in [1.29, 1.82) is 0 Å². The number of likely N-dealkylation sites (N-methyl/N-ethyl adjacent to an activating group) is 1. The Morgan fingerprint density at radius 3 is 2.81 bits per heavy atom. The number of anilines is 3. The first-order chi connectivity index (χ1) is 17.5. The molecule has 0 unspecified atom stereocenters. The number of hydrogen-bond donors (Lipinski definition) is 3. The van der Waals surface area contributed by atoms with E-state index < -0.39 is 0 Å². The fraction of sp³-hybridized carbons (Fsp3) is 0.417. The highest BCUT2D eigenvalue weighted by Gasteiger charge is 2.22. The van der Waals surface area contributed by atoms with Crippen molar-refractivity contribution in [3.8, 4) is 5.75 Å². The molecule has 36 heavy (non-hydrogen) atoms. The van der Waals surface area contributed by atoms with Crippen LogP contribution < -0.4 is 31.1 Å². The molecular formula is C24H28ClN7O4. The Morgan fingerprint density at radius 2 is 2.08 bits per heavy atom. The molecule has 0 spiro atoms. The van der Waals surface area contributed by atoms with Gasteiger partial charge in [0.15, 0.2) is 18.2 Å². The molecule has 1 aromatic carbocycles. The molecule has 0 bridgehead atoms. The standard InChI is InChI=1S/C24H28ClN7O4/c1-26-21(33)14-36-20-9-16-8-17(2-3-19(16)32(23(20)34)11-15-12-35-13-15)29-22-18(25)10-28-24(30-22)31-6-4-27-5-7-31/h2-3,8-10,15,27H,4-7,11-14H2,1H3,(H,26,33)(H,28,29,30). The molecule has 2 fully saturated rings. The molecular weight excluding hydrogens is 486 g/mol. The molecule has 0 aliphatic carbocycles. The average molecular weight is 514 g/mol. The lowest BCUT2D eigenvalue weighted by Crippen LogP contribution is -2.44. The maximum atomic E-state index is 13.2. The lowest BCUT2D eigenvalue weighted by molar-refractivity contribution is -0.122. The van der Waals surface area contributed by atoms with E-state index in [4.69, 9.17) is 21.1 Å². The highest BCUT2D eigenvalue weighted by molar-refractivity contribution is 6.32. The average Bonchev–Trinajstić information content (AvgIpc) is 2.87. The van der Waals surface area contributed by atoms with Gasteiger partial charge in [0.1, 0.15) is 5.02 Å². The third kappa shape index (κ3) is 5.23. The summed E-state index contributed by atoms with van der Waals surface area (Å²) >= 11 is 6.41. The molecule has 1 amide bonds. The molecule has 2 saturated heterocycles. The van der Waals surface area contributed by atoms with Crippen LogP contribution in [0.2, 0.25) is 5.02 Å². The van der Waals surface area contributed by atoms with Crippen LogP contribution >= 0.6 is 11.6 Å². The van der Waals surface area contributed by atoms with Crippen LogP contribution in [0.3, 0.4) is 0 Å². The zero-order chi connectivity index (χ0) is 25.1. The maximum absolute atomic E-state index is 13.2. The number of piperazine rings is 1. The Morgan fingerprint density at radius 1 is 1.28 bits per heavy atom. The van der Waals surface area contributed by atoms with Gasteiger partial charge >= 0.3 is 0 Å². The van der Waals surface area contributed by atoms with Crippen LogP contribution in [0.15, 0.2) is 35.3 Å². The van der Waals surface area contributed by atoms with Gasteiger partial charge in [-0.2, -0.15) is 4.98 Å². The molecule has 2 aliphatic heterocycles. The van der Waals surface area contributed by atoms with Gasteiger partial charge in [-0.25, -0.2) is 4.98 Å². The minimum atomic E-state index is -0.317. The molecule has 3 aromatic rings. The molecule has 12 heteroatoms.